The van der Waals surface area contributed by atoms with Crippen LogP contribution in [0.1, 0.15) is 58.8 Å². The first-order valence-electron chi connectivity index (χ1n) is 13.1. The van der Waals surface area contributed by atoms with Gasteiger partial charge in [-0.05, 0) is 45.7 Å². The molecule has 0 bridgehead atoms. The number of hydrogen-bond donors (Lipinski definition) is 2. The van der Waals surface area contributed by atoms with Gasteiger partial charge >= 0.3 is 0 Å². The van der Waals surface area contributed by atoms with Crippen LogP contribution in [0.5, 0.6) is 0 Å². The Morgan fingerprint density at radius 1 is 0.871 bits per heavy atom. The molecule has 7 nitrogen and oxygen atoms in total. The van der Waals surface area contributed by atoms with Gasteiger partial charge in [0, 0.05) is 57.9 Å². The highest BCUT2D eigenvalue weighted by Crippen LogP contribution is 2.34. The second kappa shape index (κ2) is 13.6. The zero-order chi connectivity index (χ0) is 21.8. The quantitative estimate of drug-likeness (QED) is 0.310. The molecule has 0 aromatic rings. The number of rotatable bonds is 10. The predicted molar refractivity (Wildman–Crippen MR) is 130 cm³/mol. The van der Waals surface area contributed by atoms with Crippen LogP contribution in [0.25, 0.3) is 0 Å². The molecule has 3 aliphatic rings. The topological polar surface area (TPSA) is 55.4 Å². The zero-order valence-electron chi connectivity index (χ0n) is 20.3. The number of morpholine rings is 1. The molecular weight excluding hydrogens is 388 g/mol. The summed E-state index contributed by atoms with van der Waals surface area (Å²) in [7, 11) is 0. The molecule has 3 fully saturated rings. The van der Waals surface area contributed by atoms with Gasteiger partial charge in [-0.1, -0.05) is 26.2 Å². The van der Waals surface area contributed by atoms with E-state index in [1.807, 2.05) is 0 Å². The van der Waals surface area contributed by atoms with Crippen LogP contribution in [0.3, 0.4) is 0 Å². The van der Waals surface area contributed by atoms with Crippen molar-refractivity contribution in [3.05, 3.63) is 0 Å². The minimum absolute atomic E-state index is 0.241. The van der Waals surface area contributed by atoms with Gasteiger partial charge in [0.15, 0.2) is 5.96 Å². The minimum atomic E-state index is 0.241. The van der Waals surface area contributed by atoms with E-state index < -0.39 is 0 Å². The number of nitrogens with zero attached hydrogens (tertiary/aromatic N) is 4. The van der Waals surface area contributed by atoms with Crippen LogP contribution in [0.15, 0.2) is 4.99 Å². The summed E-state index contributed by atoms with van der Waals surface area (Å²) >= 11 is 0. The fourth-order valence-corrected chi connectivity index (χ4v) is 5.39. The lowest BCUT2D eigenvalue weighted by Crippen LogP contribution is -2.56. The normalized spacial score (nSPS) is 24.3. The van der Waals surface area contributed by atoms with Gasteiger partial charge in [0.25, 0.3) is 0 Å². The number of aliphatic imine (C=N–C) groups is 1. The Hall–Kier alpha value is -0.890. The lowest BCUT2D eigenvalue weighted by Gasteiger charge is -2.47. The molecule has 1 aliphatic carbocycles. The Morgan fingerprint density at radius 3 is 2.26 bits per heavy atom. The molecule has 0 unspecified atom stereocenters. The molecule has 2 aliphatic heterocycles. The van der Waals surface area contributed by atoms with Crippen LogP contribution >= 0.6 is 0 Å². The van der Waals surface area contributed by atoms with Crippen LogP contribution < -0.4 is 10.6 Å². The van der Waals surface area contributed by atoms with E-state index in [-0.39, 0.29) is 5.54 Å². The van der Waals surface area contributed by atoms with Crippen LogP contribution in [0.2, 0.25) is 0 Å². The van der Waals surface area contributed by atoms with E-state index in [0.717, 1.165) is 51.9 Å². The Balaban J connectivity index is 1.42. The van der Waals surface area contributed by atoms with E-state index >= 15 is 0 Å². The highest BCUT2D eigenvalue weighted by molar-refractivity contribution is 5.79. The molecular formula is C24H48N6O. The van der Waals surface area contributed by atoms with E-state index in [9.17, 15) is 0 Å². The highest BCUT2D eigenvalue weighted by Gasteiger charge is 2.38. The van der Waals surface area contributed by atoms with Crippen molar-refractivity contribution in [2.75, 3.05) is 85.2 Å². The third kappa shape index (κ3) is 7.88. The molecule has 0 spiro atoms. The Bertz CT molecular complexity index is 508. The van der Waals surface area contributed by atoms with Crippen molar-refractivity contribution in [3.63, 3.8) is 0 Å². The van der Waals surface area contributed by atoms with Gasteiger partial charge in [-0.3, -0.25) is 9.89 Å². The molecule has 0 aromatic heterocycles. The summed E-state index contributed by atoms with van der Waals surface area (Å²) in [5, 5.41) is 7.08. The fraction of sp³-hybridized carbons (Fsp3) is 0.958. The van der Waals surface area contributed by atoms with Crippen molar-refractivity contribution < 1.29 is 4.74 Å². The number of piperazine rings is 1. The van der Waals surface area contributed by atoms with Crippen molar-refractivity contribution >= 4 is 5.96 Å². The van der Waals surface area contributed by atoms with Gasteiger partial charge < -0.3 is 25.2 Å². The Kier molecular flexibility index (Phi) is 10.9. The van der Waals surface area contributed by atoms with Gasteiger partial charge in [0.1, 0.15) is 0 Å². The number of likely N-dealkylation sites (N-methyl/N-ethyl adjacent to an activating group) is 1. The lowest BCUT2D eigenvalue weighted by atomic mass is 9.80. The first-order valence-corrected chi connectivity index (χ1v) is 13.1. The zero-order valence-corrected chi connectivity index (χ0v) is 20.3. The first-order chi connectivity index (χ1) is 15.3. The lowest BCUT2D eigenvalue weighted by molar-refractivity contribution is -0.0333. The summed E-state index contributed by atoms with van der Waals surface area (Å²) in [6.45, 7) is 18.5. The number of hydrogen-bond acceptors (Lipinski definition) is 5. The fourth-order valence-electron chi connectivity index (χ4n) is 5.39. The molecule has 180 valence electrons. The van der Waals surface area contributed by atoms with Crippen LogP contribution in [0, 0.1) is 0 Å². The van der Waals surface area contributed by atoms with Crippen molar-refractivity contribution in [2.24, 2.45) is 4.99 Å². The summed E-state index contributed by atoms with van der Waals surface area (Å²) in [5.41, 5.74) is 0.241. The summed E-state index contributed by atoms with van der Waals surface area (Å²) in [4.78, 5) is 12.9. The maximum atomic E-state index is 5.62. The SMILES string of the molecule is CCNC(=NCC1(N2CCOCC2)CCCCC1)NCCCCN1CCN(CC)CC1. The van der Waals surface area contributed by atoms with Crippen LogP contribution in [-0.4, -0.2) is 111 Å². The smallest absolute Gasteiger partial charge is 0.191 e. The molecule has 2 heterocycles. The van der Waals surface area contributed by atoms with Gasteiger partial charge in [-0.25, -0.2) is 0 Å². The standard InChI is InChI=1S/C24H48N6O/c1-3-25-23(26-12-8-9-13-29-16-14-28(4-2)15-17-29)27-22-24(10-6-5-7-11-24)30-18-20-31-21-19-30/h3-22H2,1-2H3,(H2,25,26,27). The molecule has 0 atom stereocenters. The number of unbranched alkanes of at least 4 members (excludes halogenated alkanes) is 1. The van der Waals surface area contributed by atoms with Crippen molar-refractivity contribution in [3.8, 4) is 0 Å². The predicted octanol–water partition coefficient (Wildman–Crippen LogP) is 1.99. The molecule has 0 radical (unpaired) electrons. The van der Waals surface area contributed by atoms with Gasteiger partial charge in [-0.15, -0.1) is 0 Å². The van der Waals surface area contributed by atoms with E-state index in [0.29, 0.717) is 0 Å². The summed E-state index contributed by atoms with van der Waals surface area (Å²) in [5.74, 6) is 0.997. The monoisotopic (exact) mass is 436 g/mol. The second-order valence-electron chi connectivity index (χ2n) is 9.49. The highest BCUT2D eigenvalue weighted by atomic mass is 16.5. The third-order valence-electron chi connectivity index (χ3n) is 7.45. The Morgan fingerprint density at radius 2 is 1.58 bits per heavy atom. The maximum Gasteiger partial charge on any atom is 0.191 e. The molecule has 2 saturated heterocycles. The molecule has 0 aromatic carbocycles. The average molecular weight is 437 g/mol. The molecule has 3 rings (SSSR count). The van der Waals surface area contributed by atoms with Crippen molar-refractivity contribution in [2.45, 2.75) is 64.3 Å². The second-order valence-corrected chi connectivity index (χ2v) is 9.49. The van der Waals surface area contributed by atoms with Crippen molar-refractivity contribution in [1.82, 2.24) is 25.3 Å². The third-order valence-corrected chi connectivity index (χ3v) is 7.45. The number of nitrogens with one attached hydrogen (secondary N) is 2. The van der Waals surface area contributed by atoms with E-state index in [1.165, 1.54) is 84.2 Å². The summed E-state index contributed by atoms with van der Waals surface area (Å²) in [6, 6.07) is 0. The van der Waals surface area contributed by atoms with Gasteiger partial charge in [0.2, 0.25) is 0 Å². The molecule has 31 heavy (non-hydrogen) atoms. The van der Waals surface area contributed by atoms with E-state index in [1.54, 1.807) is 0 Å². The maximum absolute atomic E-state index is 5.62. The van der Waals surface area contributed by atoms with Gasteiger partial charge in [-0.2, -0.15) is 0 Å². The number of ether oxygens (including phenoxy) is 1. The molecule has 2 N–H and O–H groups in total. The summed E-state index contributed by atoms with van der Waals surface area (Å²) < 4.78 is 5.62. The van der Waals surface area contributed by atoms with Crippen molar-refractivity contribution in [1.29, 1.82) is 0 Å². The van der Waals surface area contributed by atoms with E-state index in [4.69, 9.17) is 9.73 Å². The van der Waals surface area contributed by atoms with Crippen LogP contribution in [0.4, 0.5) is 0 Å². The molecule has 7 heteroatoms. The minimum Gasteiger partial charge on any atom is -0.379 e. The average Bonchev–Trinajstić information content (AvgIpc) is 2.84. The number of guanidine groups is 1. The van der Waals surface area contributed by atoms with Gasteiger partial charge in [0.05, 0.1) is 19.8 Å². The van der Waals surface area contributed by atoms with Crippen LogP contribution in [-0.2, 0) is 4.74 Å². The Labute approximate surface area is 191 Å². The van der Waals surface area contributed by atoms with E-state index in [2.05, 4.69) is 39.2 Å². The largest absolute Gasteiger partial charge is 0.379 e. The molecule has 1 saturated carbocycles. The molecule has 0 amide bonds. The first kappa shape index (κ1) is 24.7. The summed E-state index contributed by atoms with van der Waals surface area (Å²) in [6.07, 6.45) is 9.07.